The van der Waals surface area contributed by atoms with Crippen LogP contribution in [-0.2, 0) is 17.9 Å². The summed E-state index contributed by atoms with van der Waals surface area (Å²) in [6, 6.07) is 22.3. The van der Waals surface area contributed by atoms with Crippen LogP contribution in [0, 0.1) is 0 Å². The van der Waals surface area contributed by atoms with Gasteiger partial charge in [0.1, 0.15) is 5.82 Å². The molecule has 8 heteroatoms. The number of nitrogen functional groups attached to an aromatic ring is 1. The van der Waals surface area contributed by atoms with Gasteiger partial charge in [-0.1, -0.05) is 66.7 Å². The van der Waals surface area contributed by atoms with Crippen LogP contribution in [0.5, 0.6) is 0 Å². The Morgan fingerprint density at radius 1 is 0.970 bits per heavy atom. The van der Waals surface area contributed by atoms with Crippen molar-refractivity contribution in [1.29, 1.82) is 0 Å². The van der Waals surface area contributed by atoms with Crippen LogP contribution in [0.25, 0.3) is 6.08 Å². The predicted molar refractivity (Wildman–Crippen MR) is 132 cm³/mol. The van der Waals surface area contributed by atoms with Gasteiger partial charge in [-0.3, -0.25) is 24.0 Å². The highest BCUT2D eigenvalue weighted by molar-refractivity contribution is 7.10. The number of thiophene rings is 1. The fraction of sp³-hybridized carbons (Fsp3) is 0.0800. The van der Waals surface area contributed by atoms with E-state index < -0.39 is 17.2 Å². The number of aromatic amines is 1. The normalized spacial score (nSPS) is 11.0. The SMILES string of the molecule is Nc1c(N(Cc2ccccc2)C(=O)/C=C/c2cccs2)c(=O)[nH]c(=O)n1Cc1ccccc1. The molecule has 0 saturated heterocycles. The van der Waals surface area contributed by atoms with E-state index in [1.54, 1.807) is 6.08 Å². The first-order chi connectivity index (χ1) is 16.0. The minimum Gasteiger partial charge on any atom is -0.383 e. The Bertz CT molecular complexity index is 1370. The molecular weight excluding hydrogens is 436 g/mol. The highest BCUT2D eigenvalue weighted by atomic mass is 32.1. The van der Waals surface area contributed by atoms with Crippen LogP contribution in [0.15, 0.2) is 93.8 Å². The van der Waals surface area contributed by atoms with Crippen LogP contribution in [-0.4, -0.2) is 15.5 Å². The van der Waals surface area contributed by atoms with Gasteiger partial charge in [-0.05, 0) is 28.6 Å². The summed E-state index contributed by atoms with van der Waals surface area (Å²) in [7, 11) is 0. The van der Waals surface area contributed by atoms with Gasteiger partial charge in [0.05, 0.1) is 13.1 Å². The zero-order valence-electron chi connectivity index (χ0n) is 17.7. The van der Waals surface area contributed by atoms with E-state index in [-0.39, 0.29) is 24.6 Å². The van der Waals surface area contributed by atoms with E-state index in [0.29, 0.717) is 0 Å². The molecule has 0 aliphatic carbocycles. The first-order valence-corrected chi connectivity index (χ1v) is 11.1. The maximum Gasteiger partial charge on any atom is 0.330 e. The molecule has 0 saturated carbocycles. The number of amides is 1. The summed E-state index contributed by atoms with van der Waals surface area (Å²) in [4.78, 5) is 43.2. The topological polar surface area (TPSA) is 101 Å². The predicted octanol–water partition coefficient (Wildman–Crippen LogP) is 3.48. The summed E-state index contributed by atoms with van der Waals surface area (Å²) < 4.78 is 1.26. The minimum atomic E-state index is -0.712. The lowest BCUT2D eigenvalue weighted by Crippen LogP contribution is -2.40. The Hall–Kier alpha value is -4.17. The van der Waals surface area contributed by atoms with Crippen molar-refractivity contribution in [3.05, 3.63) is 121 Å². The number of carbonyl (C=O) groups is 1. The first-order valence-electron chi connectivity index (χ1n) is 10.3. The molecule has 0 unspecified atom stereocenters. The summed E-state index contributed by atoms with van der Waals surface area (Å²) in [6.45, 7) is 0.277. The van der Waals surface area contributed by atoms with Gasteiger partial charge in [0.15, 0.2) is 5.69 Å². The fourth-order valence-corrected chi connectivity index (χ4v) is 4.04. The van der Waals surface area contributed by atoms with Crippen molar-refractivity contribution < 1.29 is 4.79 Å². The van der Waals surface area contributed by atoms with Crippen molar-refractivity contribution in [3.63, 3.8) is 0 Å². The largest absolute Gasteiger partial charge is 0.383 e. The third-order valence-electron chi connectivity index (χ3n) is 5.05. The molecule has 0 spiro atoms. The fourth-order valence-electron chi connectivity index (χ4n) is 3.42. The van der Waals surface area contributed by atoms with E-state index in [4.69, 9.17) is 5.73 Å². The molecule has 2 aromatic carbocycles. The number of anilines is 2. The van der Waals surface area contributed by atoms with Gasteiger partial charge in [0, 0.05) is 11.0 Å². The third kappa shape index (κ3) is 5.19. The lowest BCUT2D eigenvalue weighted by atomic mass is 10.2. The zero-order valence-corrected chi connectivity index (χ0v) is 18.5. The number of carbonyl (C=O) groups excluding carboxylic acids is 1. The van der Waals surface area contributed by atoms with Gasteiger partial charge >= 0.3 is 5.69 Å². The molecule has 0 radical (unpaired) electrons. The molecule has 2 aromatic heterocycles. The number of nitrogens with one attached hydrogen (secondary N) is 1. The molecule has 4 aromatic rings. The number of nitrogens with two attached hydrogens (primary N) is 1. The average molecular weight is 459 g/mol. The van der Waals surface area contributed by atoms with Crippen molar-refractivity contribution in [2.75, 3.05) is 10.6 Å². The summed E-state index contributed by atoms with van der Waals surface area (Å²) >= 11 is 1.49. The van der Waals surface area contributed by atoms with Crippen molar-refractivity contribution >= 4 is 34.8 Å². The molecule has 2 heterocycles. The maximum absolute atomic E-state index is 13.3. The molecule has 0 fully saturated rings. The quantitative estimate of drug-likeness (QED) is 0.414. The van der Waals surface area contributed by atoms with Gasteiger partial charge in [0.25, 0.3) is 11.5 Å². The van der Waals surface area contributed by atoms with Crippen LogP contribution in [0.1, 0.15) is 16.0 Å². The number of nitrogens with zero attached hydrogens (tertiary/aromatic N) is 2. The van der Waals surface area contributed by atoms with Crippen LogP contribution < -0.4 is 21.9 Å². The molecule has 0 aliphatic heterocycles. The molecule has 0 bridgehead atoms. The number of hydrogen-bond donors (Lipinski definition) is 2. The van der Waals surface area contributed by atoms with E-state index in [9.17, 15) is 14.4 Å². The molecule has 3 N–H and O–H groups in total. The summed E-state index contributed by atoms with van der Waals surface area (Å²) in [5.74, 6) is -0.490. The van der Waals surface area contributed by atoms with Crippen LogP contribution in [0.3, 0.4) is 0 Å². The van der Waals surface area contributed by atoms with Crippen LogP contribution in [0.4, 0.5) is 11.5 Å². The molecule has 0 atom stereocenters. The lowest BCUT2D eigenvalue weighted by Gasteiger charge is -2.23. The van der Waals surface area contributed by atoms with Gasteiger partial charge in [-0.25, -0.2) is 4.79 Å². The number of aromatic nitrogens is 2. The van der Waals surface area contributed by atoms with Crippen molar-refractivity contribution in [1.82, 2.24) is 9.55 Å². The van der Waals surface area contributed by atoms with Crippen molar-refractivity contribution in [2.45, 2.75) is 13.1 Å². The smallest absolute Gasteiger partial charge is 0.330 e. The molecule has 4 rings (SSSR count). The molecule has 33 heavy (non-hydrogen) atoms. The maximum atomic E-state index is 13.3. The van der Waals surface area contributed by atoms with Gasteiger partial charge in [0.2, 0.25) is 0 Å². The van der Waals surface area contributed by atoms with E-state index in [1.165, 1.54) is 26.9 Å². The van der Waals surface area contributed by atoms with Gasteiger partial charge in [-0.15, -0.1) is 11.3 Å². The van der Waals surface area contributed by atoms with E-state index in [2.05, 4.69) is 4.98 Å². The Morgan fingerprint density at radius 2 is 1.64 bits per heavy atom. The number of H-pyrrole nitrogens is 1. The Morgan fingerprint density at radius 3 is 2.27 bits per heavy atom. The standard InChI is InChI=1S/C25H22N4O3S/c26-23-22(24(31)27-25(32)29(23)17-19-10-5-2-6-11-19)28(16-18-8-3-1-4-9-18)21(30)14-13-20-12-7-15-33-20/h1-15H,16-17,26H2,(H,27,31,32)/b14-13+. The molecular formula is C25H22N4O3S. The number of rotatable bonds is 7. The minimum absolute atomic E-state index is 0.0600. The number of benzene rings is 2. The first kappa shape index (κ1) is 22.0. The van der Waals surface area contributed by atoms with Crippen molar-refractivity contribution in [3.8, 4) is 0 Å². The highest BCUT2D eigenvalue weighted by Crippen LogP contribution is 2.21. The Balaban J connectivity index is 1.78. The Kier molecular flexibility index (Phi) is 6.66. The molecule has 1 amide bonds. The van der Waals surface area contributed by atoms with Gasteiger partial charge in [-0.2, -0.15) is 0 Å². The second-order valence-electron chi connectivity index (χ2n) is 7.32. The van der Waals surface area contributed by atoms with E-state index >= 15 is 0 Å². The van der Waals surface area contributed by atoms with E-state index in [1.807, 2.05) is 78.2 Å². The van der Waals surface area contributed by atoms with E-state index in [0.717, 1.165) is 16.0 Å². The van der Waals surface area contributed by atoms with Crippen molar-refractivity contribution in [2.24, 2.45) is 0 Å². The number of hydrogen-bond acceptors (Lipinski definition) is 5. The summed E-state index contributed by atoms with van der Waals surface area (Å²) in [5.41, 5.74) is 6.59. The zero-order chi connectivity index (χ0) is 23.2. The molecule has 0 aliphatic rings. The third-order valence-corrected chi connectivity index (χ3v) is 5.89. The highest BCUT2D eigenvalue weighted by Gasteiger charge is 2.23. The molecule has 7 nitrogen and oxygen atoms in total. The second-order valence-corrected chi connectivity index (χ2v) is 8.30. The average Bonchev–Trinajstić information content (AvgIpc) is 3.34. The van der Waals surface area contributed by atoms with Crippen LogP contribution in [0.2, 0.25) is 0 Å². The van der Waals surface area contributed by atoms with Crippen LogP contribution >= 0.6 is 11.3 Å². The lowest BCUT2D eigenvalue weighted by molar-refractivity contribution is -0.114. The summed E-state index contributed by atoms with van der Waals surface area (Å²) in [6.07, 6.45) is 3.09. The summed E-state index contributed by atoms with van der Waals surface area (Å²) in [5, 5.41) is 1.91. The second kappa shape index (κ2) is 9.97. The Labute approximate surface area is 194 Å². The van der Waals surface area contributed by atoms with Gasteiger partial charge < -0.3 is 5.73 Å². The monoisotopic (exact) mass is 458 g/mol. The molecule has 166 valence electrons.